The molecule has 106 valence electrons. The molecule has 2 N–H and O–H groups in total. The second-order valence-electron chi connectivity index (χ2n) is 4.71. The maximum absolute atomic E-state index is 6.17. The molecule has 0 aliphatic carbocycles. The summed E-state index contributed by atoms with van der Waals surface area (Å²) in [5.74, 6) is 0.588. The van der Waals surface area contributed by atoms with Crippen molar-refractivity contribution in [1.29, 1.82) is 0 Å². The minimum atomic E-state index is 0.534. The van der Waals surface area contributed by atoms with Crippen LogP contribution in [0.5, 0.6) is 0 Å². The molecule has 5 heteroatoms. The van der Waals surface area contributed by atoms with E-state index in [4.69, 9.17) is 28.9 Å². The average molecular weight is 318 g/mol. The summed E-state index contributed by atoms with van der Waals surface area (Å²) in [4.78, 5) is 0. The molecule has 0 bridgehead atoms. The van der Waals surface area contributed by atoms with Crippen molar-refractivity contribution in [2.24, 2.45) is 0 Å². The van der Waals surface area contributed by atoms with Crippen molar-refractivity contribution in [2.45, 2.75) is 6.54 Å². The molecule has 0 aliphatic rings. The summed E-state index contributed by atoms with van der Waals surface area (Å²) in [5, 5.41) is 5.91. The standard InChI is InChI=1S/C16H13Cl2N3/c17-13-6-3-5-11(8-13)15-9-16(19)21(20-15)10-12-4-1-2-7-14(12)18/h1-9H,10,19H2. The Labute approximate surface area is 132 Å². The highest BCUT2D eigenvalue weighted by molar-refractivity contribution is 6.31. The number of aromatic nitrogens is 2. The number of anilines is 1. The van der Waals surface area contributed by atoms with Gasteiger partial charge >= 0.3 is 0 Å². The maximum atomic E-state index is 6.17. The zero-order chi connectivity index (χ0) is 14.8. The van der Waals surface area contributed by atoms with E-state index in [0.29, 0.717) is 22.4 Å². The highest BCUT2D eigenvalue weighted by Crippen LogP contribution is 2.24. The Bertz CT molecular complexity index is 781. The summed E-state index contributed by atoms with van der Waals surface area (Å²) in [6.07, 6.45) is 0. The van der Waals surface area contributed by atoms with E-state index in [9.17, 15) is 0 Å². The zero-order valence-corrected chi connectivity index (χ0v) is 12.6. The van der Waals surface area contributed by atoms with Crippen molar-refractivity contribution in [2.75, 3.05) is 5.73 Å². The van der Waals surface area contributed by atoms with E-state index in [-0.39, 0.29) is 0 Å². The molecule has 3 rings (SSSR count). The molecule has 0 unspecified atom stereocenters. The second kappa shape index (κ2) is 5.80. The molecule has 21 heavy (non-hydrogen) atoms. The lowest BCUT2D eigenvalue weighted by Crippen LogP contribution is -2.06. The molecule has 0 fully saturated rings. The van der Waals surface area contributed by atoms with Gasteiger partial charge in [-0.2, -0.15) is 5.10 Å². The van der Waals surface area contributed by atoms with E-state index in [0.717, 1.165) is 16.8 Å². The molecule has 1 aromatic heterocycles. The van der Waals surface area contributed by atoms with Crippen LogP contribution in [0.3, 0.4) is 0 Å². The number of hydrogen-bond donors (Lipinski definition) is 1. The average Bonchev–Trinajstić information content (AvgIpc) is 2.83. The van der Waals surface area contributed by atoms with Crippen LogP contribution in [0.4, 0.5) is 5.82 Å². The van der Waals surface area contributed by atoms with Crippen LogP contribution in [0.1, 0.15) is 5.56 Å². The fraction of sp³-hybridized carbons (Fsp3) is 0.0625. The third kappa shape index (κ3) is 3.04. The maximum Gasteiger partial charge on any atom is 0.122 e. The Balaban J connectivity index is 1.93. The minimum Gasteiger partial charge on any atom is -0.384 e. The first-order valence-electron chi connectivity index (χ1n) is 6.46. The van der Waals surface area contributed by atoms with Gasteiger partial charge in [0.05, 0.1) is 12.2 Å². The van der Waals surface area contributed by atoms with Gasteiger partial charge in [0.15, 0.2) is 0 Å². The Morgan fingerprint density at radius 3 is 2.57 bits per heavy atom. The fourth-order valence-electron chi connectivity index (χ4n) is 2.13. The molecule has 2 aromatic carbocycles. The van der Waals surface area contributed by atoms with Crippen molar-refractivity contribution in [3.8, 4) is 11.3 Å². The molecule has 0 radical (unpaired) electrons. The fourth-order valence-corrected chi connectivity index (χ4v) is 2.52. The molecule has 0 saturated carbocycles. The van der Waals surface area contributed by atoms with Gasteiger partial charge in [-0.05, 0) is 23.8 Å². The molecular formula is C16H13Cl2N3. The van der Waals surface area contributed by atoms with Gasteiger partial charge in [0.2, 0.25) is 0 Å². The number of halogens is 2. The Morgan fingerprint density at radius 2 is 1.81 bits per heavy atom. The van der Waals surface area contributed by atoms with Gasteiger partial charge in [0, 0.05) is 21.7 Å². The number of nitrogens with zero attached hydrogens (tertiary/aromatic N) is 2. The summed E-state index contributed by atoms with van der Waals surface area (Å²) >= 11 is 12.2. The first-order valence-corrected chi connectivity index (χ1v) is 7.22. The van der Waals surface area contributed by atoms with Crippen molar-refractivity contribution in [1.82, 2.24) is 9.78 Å². The van der Waals surface area contributed by atoms with E-state index in [2.05, 4.69) is 5.10 Å². The predicted octanol–water partition coefficient (Wildman–Crippen LogP) is 4.49. The summed E-state index contributed by atoms with van der Waals surface area (Å²) in [6, 6.07) is 17.0. The Kier molecular flexibility index (Phi) is 3.86. The Morgan fingerprint density at radius 1 is 1.00 bits per heavy atom. The van der Waals surface area contributed by atoms with E-state index in [1.54, 1.807) is 4.68 Å². The SMILES string of the molecule is Nc1cc(-c2cccc(Cl)c2)nn1Cc1ccccc1Cl. The minimum absolute atomic E-state index is 0.534. The number of nitrogen functional groups attached to an aromatic ring is 1. The third-order valence-electron chi connectivity index (χ3n) is 3.21. The highest BCUT2D eigenvalue weighted by atomic mass is 35.5. The number of rotatable bonds is 3. The molecule has 0 aliphatic heterocycles. The Hall–Kier alpha value is -1.97. The largest absolute Gasteiger partial charge is 0.384 e. The quantitative estimate of drug-likeness (QED) is 0.773. The summed E-state index contributed by atoms with van der Waals surface area (Å²) in [5.41, 5.74) is 8.75. The van der Waals surface area contributed by atoms with Gasteiger partial charge in [0.1, 0.15) is 5.82 Å². The molecule has 1 heterocycles. The predicted molar refractivity (Wildman–Crippen MR) is 87.6 cm³/mol. The van der Waals surface area contributed by atoms with Crippen molar-refractivity contribution in [3.05, 3.63) is 70.2 Å². The second-order valence-corrected chi connectivity index (χ2v) is 5.56. The molecule has 0 spiro atoms. The molecular weight excluding hydrogens is 305 g/mol. The van der Waals surface area contributed by atoms with Crippen LogP contribution in [0.15, 0.2) is 54.6 Å². The number of hydrogen-bond acceptors (Lipinski definition) is 2. The monoisotopic (exact) mass is 317 g/mol. The van der Waals surface area contributed by atoms with Gasteiger partial charge in [-0.1, -0.05) is 53.5 Å². The summed E-state index contributed by atoms with van der Waals surface area (Å²) < 4.78 is 1.73. The van der Waals surface area contributed by atoms with Gasteiger partial charge in [-0.15, -0.1) is 0 Å². The first kappa shape index (κ1) is 14.0. The molecule has 0 amide bonds. The number of benzene rings is 2. The van der Waals surface area contributed by atoms with E-state index in [1.165, 1.54) is 0 Å². The smallest absolute Gasteiger partial charge is 0.122 e. The van der Waals surface area contributed by atoms with Crippen molar-refractivity contribution in [3.63, 3.8) is 0 Å². The van der Waals surface area contributed by atoms with Crippen molar-refractivity contribution < 1.29 is 0 Å². The molecule has 3 aromatic rings. The summed E-state index contributed by atoms with van der Waals surface area (Å²) in [6.45, 7) is 0.534. The van der Waals surface area contributed by atoms with Gasteiger partial charge < -0.3 is 5.73 Å². The summed E-state index contributed by atoms with van der Waals surface area (Å²) in [7, 11) is 0. The van der Waals surface area contributed by atoms with Gasteiger partial charge in [0.25, 0.3) is 0 Å². The van der Waals surface area contributed by atoms with Crippen LogP contribution in [-0.4, -0.2) is 9.78 Å². The van der Waals surface area contributed by atoms with Crippen LogP contribution >= 0.6 is 23.2 Å². The zero-order valence-electron chi connectivity index (χ0n) is 11.1. The van der Waals surface area contributed by atoms with E-state index >= 15 is 0 Å². The topological polar surface area (TPSA) is 43.8 Å². The van der Waals surface area contributed by atoms with Gasteiger partial charge in [-0.25, -0.2) is 4.68 Å². The highest BCUT2D eigenvalue weighted by Gasteiger charge is 2.09. The van der Waals surface area contributed by atoms with Crippen LogP contribution in [0.2, 0.25) is 10.0 Å². The lowest BCUT2D eigenvalue weighted by Gasteiger charge is -2.06. The lowest BCUT2D eigenvalue weighted by atomic mass is 10.1. The lowest BCUT2D eigenvalue weighted by molar-refractivity contribution is 0.700. The van der Waals surface area contributed by atoms with Gasteiger partial charge in [-0.3, -0.25) is 0 Å². The van der Waals surface area contributed by atoms with Crippen LogP contribution < -0.4 is 5.73 Å². The first-order chi connectivity index (χ1) is 10.1. The van der Waals surface area contributed by atoms with E-state index in [1.807, 2.05) is 54.6 Å². The van der Waals surface area contributed by atoms with Crippen LogP contribution in [0.25, 0.3) is 11.3 Å². The number of nitrogens with two attached hydrogens (primary N) is 1. The third-order valence-corrected chi connectivity index (χ3v) is 3.81. The van der Waals surface area contributed by atoms with Crippen molar-refractivity contribution >= 4 is 29.0 Å². The van der Waals surface area contributed by atoms with Crippen LogP contribution in [-0.2, 0) is 6.54 Å². The normalized spacial score (nSPS) is 10.8. The molecule has 0 saturated heterocycles. The molecule has 3 nitrogen and oxygen atoms in total. The van der Waals surface area contributed by atoms with E-state index < -0.39 is 0 Å². The molecule has 0 atom stereocenters. The van der Waals surface area contributed by atoms with Crippen LogP contribution in [0, 0.1) is 0 Å².